The zero-order valence-corrected chi connectivity index (χ0v) is 21.0. The number of hydrogen-bond donors (Lipinski definition) is 3. The van der Waals surface area contributed by atoms with E-state index in [9.17, 15) is 9.90 Å². The maximum atomic E-state index is 12.6. The number of carbonyl (C=O) groups is 1. The van der Waals surface area contributed by atoms with E-state index in [2.05, 4.69) is 54.9 Å². The van der Waals surface area contributed by atoms with Crippen molar-refractivity contribution >= 4 is 28.9 Å². The smallest absolute Gasteiger partial charge is 0.223 e. The first kappa shape index (κ1) is 24.8. The number of hydrogen-bond acceptors (Lipinski definition) is 8. The molecular formula is C28H34N6O3. The van der Waals surface area contributed by atoms with E-state index in [1.165, 1.54) is 5.69 Å². The van der Waals surface area contributed by atoms with Gasteiger partial charge in [0.25, 0.3) is 0 Å². The van der Waals surface area contributed by atoms with Crippen molar-refractivity contribution in [2.45, 2.75) is 19.3 Å². The maximum Gasteiger partial charge on any atom is 0.223 e. The number of morpholine rings is 1. The van der Waals surface area contributed by atoms with Crippen molar-refractivity contribution in [1.82, 2.24) is 15.5 Å². The minimum atomic E-state index is 0.0189. The van der Waals surface area contributed by atoms with Crippen LogP contribution in [0.2, 0.25) is 0 Å². The molecule has 0 atom stereocenters. The van der Waals surface area contributed by atoms with Crippen LogP contribution >= 0.6 is 0 Å². The molecule has 0 bridgehead atoms. The highest BCUT2D eigenvalue weighted by molar-refractivity contribution is 5.79. The van der Waals surface area contributed by atoms with Gasteiger partial charge in [0, 0.05) is 50.0 Å². The Balaban J connectivity index is 1.06. The molecule has 194 valence electrons. The molecule has 3 aromatic rings. The minimum Gasteiger partial charge on any atom is -0.508 e. The fourth-order valence-electron chi connectivity index (χ4n) is 4.79. The van der Waals surface area contributed by atoms with Crippen molar-refractivity contribution in [3.05, 3.63) is 66.2 Å². The van der Waals surface area contributed by atoms with Gasteiger partial charge in [-0.15, -0.1) is 10.2 Å². The predicted octanol–water partition coefficient (Wildman–Crippen LogP) is 3.34. The molecule has 0 unspecified atom stereocenters. The summed E-state index contributed by atoms with van der Waals surface area (Å²) in [6.45, 7) is 5.54. The fraction of sp³-hybridized carbons (Fsp3) is 0.393. The average Bonchev–Trinajstić information content (AvgIpc) is 2.95. The topological polar surface area (TPSA) is 103 Å². The largest absolute Gasteiger partial charge is 0.508 e. The van der Waals surface area contributed by atoms with E-state index in [1.54, 1.807) is 12.1 Å². The van der Waals surface area contributed by atoms with Crippen molar-refractivity contribution < 1.29 is 14.6 Å². The highest BCUT2D eigenvalue weighted by Gasteiger charge is 2.25. The summed E-state index contributed by atoms with van der Waals surface area (Å²) in [6, 6.07) is 19.4. The van der Waals surface area contributed by atoms with Gasteiger partial charge in [-0.25, -0.2) is 0 Å². The molecule has 2 fully saturated rings. The number of nitrogens with one attached hydrogen (secondary N) is 2. The molecule has 2 aromatic carbocycles. The third kappa shape index (κ3) is 6.68. The van der Waals surface area contributed by atoms with Gasteiger partial charge in [-0.05, 0) is 73.4 Å². The van der Waals surface area contributed by atoms with Crippen LogP contribution in [0, 0.1) is 5.92 Å². The fourth-order valence-corrected chi connectivity index (χ4v) is 4.79. The molecular weight excluding hydrogens is 468 g/mol. The molecule has 2 aliphatic rings. The van der Waals surface area contributed by atoms with Crippen LogP contribution in [0.5, 0.6) is 5.75 Å². The molecule has 2 aliphatic heterocycles. The van der Waals surface area contributed by atoms with Gasteiger partial charge in [0.15, 0.2) is 11.6 Å². The van der Waals surface area contributed by atoms with E-state index in [-0.39, 0.29) is 17.6 Å². The van der Waals surface area contributed by atoms with Gasteiger partial charge in [0.2, 0.25) is 5.91 Å². The number of ether oxygens (including phenoxy) is 1. The van der Waals surface area contributed by atoms with Crippen LogP contribution < -0.4 is 20.4 Å². The van der Waals surface area contributed by atoms with Crippen LogP contribution in [0.3, 0.4) is 0 Å². The Labute approximate surface area is 217 Å². The van der Waals surface area contributed by atoms with Crippen molar-refractivity contribution in [3.63, 3.8) is 0 Å². The zero-order valence-electron chi connectivity index (χ0n) is 21.0. The van der Waals surface area contributed by atoms with Crippen molar-refractivity contribution in [2.75, 3.05) is 61.1 Å². The summed E-state index contributed by atoms with van der Waals surface area (Å²) >= 11 is 0. The van der Waals surface area contributed by atoms with E-state index in [0.29, 0.717) is 12.4 Å². The Morgan fingerprint density at radius 2 is 1.62 bits per heavy atom. The van der Waals surface area contributed by atoms with Crippen LogP contribution in [-0.2, 0) is 16.0 Å². The van der Waals surface area contributed by atoms with Crippen LogP contribution in [0.4, 0.5) is 23.0 Å². The number of carbonyl (C=O) groups excluding carboxylic acids is 1. The number of phenolic OH excluding ortho intramolecular Hbond substituents is 1. The molecule has 3 N–H and O–H groups in total. The second kappa shape index (κ2) is 11.9. The van der Waals surface area contributed by atoms with Gasteiger partial charge in [0.05, 0.1) is 13.2 Å². The number of phenols is 1. The molecule has 0 aliphatic carbocycles. The summed E-state index contributed by atoms with van der Waals surface area (Å²) in [6.07, 6.45) is 2.34. The van der Waals surface area contributed by atoms with E-state index < -0.39 is 0 Å². The highest BCUT2D eigenvalue weighted by Crippen LogP contribution is 2.24. The zero-order chi connectivity index (χ0) is 25.5. The lowest BCUT2D eigenvalue weighted by atomic mass is 9.96. The molecule has 9 heteroatoms. The summed E-state index contributed by atoms with van der Waals surface area (Å²) in [7, 11) is 0. The molecule has 0 saturated carbocycles. The summed E-state index contributed by atoms with van der Waals surface area (Å²) in [5, 5.41) is 24.5. The molecule has 5 rings (SSSR count). The highest BCUT2D eigenvalue weighted by atomic mass is 16.5. The standard InChI is InChI=1S/C28H34N6O3/c35-25-7-1-21(2-8-25)11-14-29-28(36)22-12-15-34(16-13-22)27-10-9-26(31-32-27)30-23-3-5-24(6-4-23)33-17-19-37-20-18-33/h1-10,22,35H,11-20H2,(H,29,36)(H,30,31). The monoisotopic (exact) mass is 502 g/mol. The Morgan fingerprint density at radius 3 is 2.30 bits per heavy atom. The number of piperidine rings is 1. The minimum absolute atomic E-state index is 0.0189. The third-order valence-corrected chi connectivity index (χ3v) is 7.01. The van der Waals surface area contributed by atoms with E-state index >= 15 is 0 Å². The number of amides is 1. The summed E-state index contributed by atoms with van der Waals surface area (Å²) < 4.78 is 5.43. The third-order valence-electron chi connectivity index (χ3n) is 7.01. The average molecular weight is 503 g/mol. The molecule has 0 spiro atoms. The van der Waals surface area contributed by atoms with Gasteiger partial charge < -0.3 is 30.3 Å². The predicted molar refractivity (Wildman–Crippen MR) is 145 cm³/mol. The first-order valence-electron chi connectivity index (χ1n) is 13.0. The SMILES string of the molecule is O=C(NCCc1ccc(O)cc1)C1CCN(c2ccc(Nc3ccc(N4CCOCC4)cc3)nn2)CC1. The van der Waals surface area contributed by atoms with Gasteiger partial charge in [0.1, 0.15) is 5.75 Å². The molecule has 2 saturated heterocycles. The first-order valence-corrected chi connectivity index (χ1v) is 13.0. The number of benzene rings is 2. The lowest BCUT2D eigenvalue weighted by molar-refractivity contribution is -0.125. The molecule has 0 radical (unpaired) electrons. The second-order valence-electron chi connectivity index (χ2n) is 9.52. The Hall–Kier alpha value is -3.85. The molecule has 37 heavy (non-hydrogen) atoms. The molecule has 1 amide bonds. The van der Waals surface area contributed by atoms with Crippen LogP contribution in [0.25, 0.3) is 0 Å². The van der Waals surface area contributed by atoms with Gasteiger partial charge in [-0.1, -0.05) is 12.1 Å². The summed E-state index contributed by atoms with van der Waals surface area (Å²) in [5.74, 6) is 1.92. The van der Waals surface area contributed by atoms with Gasteiger partial charge >= 0.3 is 0 Å². The molecule has 3 heterocycles. The van der Waals surface area contributed by atoms with Gasteiger partial charge in [-0.2, -0.15) is 0 Å². The number of aromatic hydroxyl groups is 1. The van der Waals surface area contributed by atoms with E-state index in [1.807, 2.05) is 24.3 Å². The summed E-state index contributed by atoms with van der Waals surface area (Å²) in [4.78, 5) is 17.1. The maximum absolute atomic E-state index is 12.6. The number of anilines is 4. The number of nitrogens with zero attached hydrogens (tertiary/aromatic N) is 4. The van der Waals surface area contributed by atoms with Crippen molar-refractivity contribution in [1.29, 1.82) is 0 Å². The van der Waals surface area contributed by atoms with Crippen LogP contribution in [0.15, 0.2) is 60.7 Å². The van der Waals surface area contributed by atoms with Crippen molar-refractivity contribution in [2.24, 2.45) is 5.92 Å². The van der Waals surface area contributed by atoms with E-state index in [4.69, 9.17) is 4.74 Å². The van der Waals surface area contributed by atoms with E-state index in [0.717, 1.165) is 75.7 Å². The first-order chi connectivity index (χ1) is 18.1. The number of rotatable bonds is 8. The van der Waals surface area contributed by atoms with Crippen molar-refractivity contribution in [3.8, 4) is 5.75 Å². The summed E-state index contributed by atoms with van der Waals surface area (Å²) in [5.41, 5.74) is 3.26. The Morgan fingerprint density at radius 1 is 0.892 bits per heavy atom. The lowest BCUT2D eigenvalue weighted by Crippen LogP contribution is -2.41. The van der Waals surface area contributed by atoms with Crippen LogP contribution in [0.1, 0.15) is 18.4 Å². The Kier molecular flexibility index (Phi) is 8.00. The van der Waals surface area contributed by atoms with Crippen LogP contribution in [-0.4, -0.2) is 67.1 Å². The van der Waals surface area contributed by atoms with Gasteiger partial charge in [-0.3, -0.25) is 4.79 Å². The second-order valence-corrected chi connectivity index (χ2v) is 9.52. The normalized spacial score (nSPS) is 16.4. The lowest BCUT2D eigenvalue weighted by Gasteiger charge is -2.31. The number of aromatic nitrogens is 2. The quantitative estimate of drug-likeness (QED) is 0.431. The molecule has 9 nitrogen and oxygen atoms in total. The molecule has 1 aromatic heterocycles. The Bertz CT molecular complexity index is 1140.